The molecule has 0 aliphatic heterocycles. The largest absolute Gasteiger partial charge is 0.434 e. The van der Waals surface area contributed by atoms with Crippen LogP contribution in [0.3, 0.4) is 0 Å². The van der Waals surface area contributed by atoms with Crippen LogP contribution in [0.5, 0.6) is 5.75 Å². The molecular weight excluding hydrogens is 329 g/mol. The Morgan fingerprint density at radius 2 is 2.00 bits per heavy atom. The Balaban J connectivity index is 1.95. The summed E-state index contributed by atoms with van der Waals surface area (Å²) >= 11 is 0.868. The van der Waals surface area contributed by atoms with E-state index >= 15 is 0 Å². The van der Waals surface area contributed by atoms with Crippen LogP contribution in [-0.2, 0) is 11.0 Å². The van der Waals surface area contributed by atoms with Gasteiger partial charge in [0.2, 0.25) is 0 Å². The monoisotopic (exact) mass is 344 g/mol. The van der Waals surface area contributed by atoms with E-state index in [9.17, 15) is 18.0 Å². The number of alkyl halides is 3. The lowest BCUT2D eigenvalue weighted by Crippen LogP contribution is -2.07. The Kier molecular flexibility index (Phi) is 5.59. The highest BCUT2D eigenvalue weighted by atomic mass is 32.1. The fourth-order valence-corrected chi connectivity index (χ4v) is 2.43. The fourth-order valence-electron chi connectivity index (χ4n) is 1.69. The summed E-state index contributed by atoms with van der Waals surface area (Å²) in [6, 6.07) is 6.36. The Morgan fingerprint density at radius 3 is 2.57 bits per heavy atom. The molecule has 0 aliphatic carbocycles. The van der Waals surface area contributed by atoms with Crippen molar-refractivity contribution >= 4 is 28.1 Å². The van der Waals surface area contributed by atoms with Gasteiger partial charge in [0.15, 0.2) is 10.8 Å². The van der Waals surface area contributed by atoms with Crippen molar-refractivity contribution in [2.45, 2.75) is 32.4 Å². The SMILES string of the molecule is CCCCC(=O)Oc1ccc(Nc2nc(C(F)(F)F)cs2)cc1. The van der Waals surface area contributed by atoms with Crippen LogP contribution in [0.25, 0.3) is 0 Å². The Morgan fingerprint density at radius 1 is 1.30 bits per heavy atom. The number of carbonyl (C=O) groups excluding carboxylic acids is 1. The highest BCUT2D eigenvalue weighted by Gasteiger charge is 2.33. The zero-order valence-electron chi connectivity index (χ0n) is 12.3. The maximum absolute atomic E-state index is 12.5. The van der Waals surface area contributed by atoms with Crippen molar-refractivity contribution in [2.75, 3.05) is 5.32 Å². The van der Waals surface area contributed by atoms with Gasteiger partial charge >= 0.3 is 12.1 Å². The third-order valence-corrected chi connectivity index (χ3v) is 3.62. The molecule has 0 saturated carbocycles. The first-order chi connectivity index (χ1) is 10.9. The Bertz CT molecular complexity index is 653. The van der Waals surface area contributed by atoms with E-state index in [0.717, 1.165) is 29.6 Å². The molecule has 8 heteroatoms. The zero-order chi connectivity index (χ0) is 16.9. The van der Waals surface area contributed by atoms with Crippen LogP contribution in [0, 0.1) is 0 Å². The molecule has 0 saturated heterocycles. The molecule has 0 radical (unpaired) electrons. The van der Waals surface area contributed by atoms with Gasteiger partial charge in [-0.25, -0.2) is 4.98 Å². The maximum atomic E-state index is 12.5. The average molecular weight is 344 g/mol. The lowest BCUT2D eigenvalue weighted by atomic mass is 10.2. The molecule has 0 atom stereocenters. The number of aromatic nitrogens is 1. The van der Waals surface area contributed by atoms with Crippen molar-refractivity contribution in [3.05, 3.63) is 35.3 Å². The van der Waals surface area contributed by atoms with Gasteiger partial charge in [-0.2, -0.15) is 13.2 Å². The fraction of sp³-hybridized carbons (Fsp3) is 0.333. The molecule has 124 valence electrons. The van der Waals surface area contributed by atoms with Gasteiger partial charge in [0.25, 0.3) is 0 Å². The summed E-state index contributed by atoms with van der Waals surface area (Å²) in [6.07, 6.45) is -2.42. The van der Waals surface area contributed by atoms with Crippen molar-refractivity contribution in [1.82, 2.24) is 4.98 Å². The number of nitrogens with one attached hydrogen (secondary N) is 1. The number of nitrogens with zero attached hydrogens (tertiary/aromatic N) is 1. The van der Waals surface area contributed by atoms with Crippen LogP contribution in [0.15, 0.2) is 29.6 Å². The summed E-state index contributed by atoms with van der Waals surface area (Å²) in [7, 11) is 0. The van der Waals surface area contributed by atoms with Crippen LogP contribution in [0.2, 0.25) is 0 Å². The number of esters is 1. The van der Waals surface area contributed by atoms with Crippen molar-refractivity contribution in [3.63, 3.8) is 0 Å². The highest BCUT2D eigenvalue weighted by molar-refractivity contribution is 7.13. The van der Waals surface area contributed by atoms with E-state index in [0.29, 0.717) is 17.9 Å². The summed E-state index contributed by atoms with van der Waals surface area (Å²) in [6.45, 7) is 1.98. The molecule has 1 aromatic carbocycles. The number of ether oxygens (including phenoxy) is 1. The minimum Gasteiger partial charge on any atom is -0.427 e. The van der Waals surface area contributed by atoms with Crippen LogP contribution < -0.4 is 10.1 Å². The molecule has 2 aromatic rings. The van der Waals surface area contributed by atoms with Gasteiger partial charge in [-0.05, 0) is 30.7 Å². The third-order valence-electron chi connectivity index (χ3n) is 2.87. The molecule has 4 nitrogen and oxygen atoms in total. The first kappa shape index (κ1) is 17.3. The molecular formula is C15H15F3N2O2S. The number of unbranched alkanes of at least 4 members (excludes halogenated alkanes) is 1. The minimum absolute atomic E-state index is 0.144. The van der Waals surface area contributed by atoms with E-state index in [1.54, 1.807) is 24.3 Å². The van der Waals surface area contributed by atoms with Gasteiger partial charge in [-0.3, -0.25) is 4.79 Å². The molecule has 1 N–H and O–H groups in total. The van der Waals surface area contributed by atoms with E-state index < -0.39 is 11.9 Å². The van der Waals surface area contributed by atoms with E-state index in [-0.39, 0.29) is 11.1 Å². The second-order valence-electron chi connectivity index (χ2n) is 4.76. The number of anilines is 2. The lowest BCUT2D eigenvalue weighted by Gasteiger charge is -2.06. The van der Waals surface area contributed by atoms with Crippen LogP contribution in [-0.4, -0.2) is 11.0 Å². The highest BCUT2D eigenvalue weighted by Crippen LogP contribution is 2.32. The van der Waals surface area contributed by atoms with Crippen molar-refractivity contribution < 1.29 is 22.7 Å². The number of halogens is 3. The van der Waals surface area contributed by atoms with Crippen molar-refractivity contribution in [1.29, 1.82) is 0 Å². The number of carbonyl (C=O) groups is 1. The van der Waals surface area contributed by atoms with Crippen molar-refractivity contribution in [3.8, 4) is 5.75 Å². The third kappa shape index (κ3) is 5.24. The summed E-state index contributed by atoms with van der Waals surface area (Å²) < 4.78 is 42.6. The standard InChI is InChI=1S/C15H15F3N2O2S/c1-2-3-4-13(21)22-11-7-5-10(6-8-11)19-14-20-12(9-23-14)15(16,17)18/h5-9H,2-4H2,1H3,(H,19,20). The van der Waals surface area contributed by atoms with E-state index in [2.05, 4.69) is 10.3 Å². The average Bonchev–Trinajstić information content (AvgIpc) is 2.96. The zero-order valence-corrected chi connectivity index (χ0v) is 13.1. The molecule has 2 rings (SSSR count). The summed E-state index contributed by atoms with van der Waals surface area (Å²) in [4.78, 5) is 15.0. The molecule has 0 fully saturated rings. The molecule has 1 heterocycles. The van der Waals surface area contributed by atoms with Gasteiger partial charge in [0.05, 0.1) is 0 Å². The summed E-state index contributed by atoms with van der Waals surface area (Å²) in [5.41, 5.74) is -0.368. The minimum atomic E-state index is -4.45. The molecule has 0 bridgehead atoms. The van der Waals surface area contributed by atoms with Crippen LogP contribution >= 0.6 is 11.3 Å². The first-order valence-corrected chi connectivity index (χ1v) is 7.87. The van der Waals surface area contributed by atoms with Gasteiger partial charge in [0, 0.05) is 17.5 Å². The smallest absolute Gasteiger partial charge is 0.427 e. The molecule has 0 spiro atoms. The molecule has 23 heavy (non-hydrogen) atoms. The number of hydrogen-bond acceptors (Lipinski definition) is 5. The van der Waals surface area contributed by atoms with Crippen molar-refractivity contribution in [2.24, 2.45) is 0 Å². The molecule has 0 unspecified atom stereocenters. The van der Waals surface area contributed by atoms with Gasteiger partial charge < -0.3 is 10.1 Å². The van der Waals surface area contributed by atoms with Gasteiger partial charge in [0.1, 0.15) is 5.75 Å². The summed E-state index contributed by atoms with van der Waals surface area (Å²) in [5.74, 6) is 0.0917. The number of rotatable bonds is 6. The Hall–Kier alpha value is -2.09. The van der Waals surface area contributed by atoms with E-state index in [4.69, 9.17) is 4.74 Å². The maximum Gasteiger partial charge on any atom is 0.434 e. The number of benzene rings is 1. The number of thiazole rings is 1. The molecule has 0 aliphatic rings. The van der Waals surface area contributed by atoms with E-state index in [1.807, 2.05) is 6.92 Å². The van der Waals surface area contributed by atoms with Gasteiger partial charge in [-0.15, -0.1) is 11.3 Å². The normalized spacial score (nSPS) is 11.3. The second-order valence-corrected chi connectivity index (χ2v) is 5.62. The second kappa shape index (κ2) is 7.45. The van der Waals surface area contributed by atoms with Gasteiger partial charge in [-0.1, -0.05) is 13.3 Å². The molecule has 0 amide bonds. The van der Waals surface area contributed by atoms with Crippen LogP contribution in [0.1, 0.15) is 31.9 Å². The lowest BCUT2D eigenvalue weighted by molar-refractivity contribution is -0.140. The summed E-state index contributed by atoms with van der Waals surface area (Å²) in [5, 5.41) is 3.87. The number of hydrogen-bond donors (Lipinski definition) is 1. The van der Waals surface area contributed by atoms with Crippen LogP contribution in [0.4, 0.5) is 24.0 Å². The predicted octanol–water partition coefficient (Wildman–Crippen LogP) is 5.00. The topological polar surface area (TPSA) is 51.2 Å². The molecule has 1 aromatic heterocycles. The van der Waals surface area contributed by atoms with E-state index in [1.165, 1.54) is 0 Å². The predicted molar refractivity (Wildman–Crippen MR) is 82.0 cm³/mol. The Labute approximate surface area is 135 Å². The first-order valence-electron chi connectivity index (χ1n) is 6.99. The quantitative estimate of drug-likeness (QED) is 0.592.